The fraction of sp³-hybridized carbons (Fsp3) is 0.368. The Morgan fingerprint density at radius 2 is 1.24 bits per heavy atom. The molecule has 3 rings (SSSR count). The van der Waals surface area contributed by atoms with E-state index in [1.807, 2.05) is 24.3 Å². The lowest BCUT2D eigenvalue weighted by atomic mass is 10.1. The summed E-state index contributed by atoms with van der Waals surface area (Å²) in [7, 11) is 0. The maximum atomic E-state index is 13.1. The predicted octanol–water partition coefficient (Wildman–Crippen LogP) is 1.84. The van der Waals surface area contributed by atoms with Gasteiger partial charge < -0.3 is 9.80 Å². The number of rotatable bonds is 4. The van der Waals surface area contributed by atoms with Crippen LogP contribution >= 0.6 is 11.6 Å². The topological polar surface area (TPSA) is 8.88 Å². The van der Waals surface area contributed by atoms with Crippen molar-refractivity contribution in [3.63, 3.8) is 0 Å². The summed E-state index contributed by atoms with van der Waals surface area (Å²) in [4.78, 5) is 2.64. The Bertz CT molecular complexity index is 710. The Labute approximate surface area is 150 Å². The molecule has 0 atom stereocenters. The van der Waals surface area contributed by atoms with Crippen LogP contribution in [0.1, 0.15) is 16.7 Å². The third-order valence-corrected chi connectivity index (χ3v) is 5.19. The van der Waals surface area contributed by atoms with E-state index in [1.165, 1.54) is 21.9 Å². The summed E-state index contributed by atoms with van der Waals surface area (Å²) in [5, 5.41) is 0.781. The molecule has 0 amide bonds. The van der Waals surface area contributed by atoms with Gasteiger partial charge in [-0.05, 0) is 12.1 Å². The lowest BCUT2D eigenvalue weighted by molar-refractivity contribution is -1.02. The highest BCUT2D eigenvalue weighted by Crippen LogP contribution is 2.31. The van der Waals surface area contributed by atoms with Crippen molar-refractivity contribution >= 4 is 11.6 Å². The monoisotopic (exact) mass is 370 g/mol. The second kappa shape index (κ2) is 7.77. The molecule has 1 aliphatic heterocycles. The van der Waals surface area contributed by atoms with Gasteiger partial charge in [0.25, 0.3) is 0 Å². The van der Waals surface area contributed by atoms with E-state index in [0.29, 0.717) is 12.1 Å². The molecule has 6 heteroatoms. The van der Waals surface area contributed by atoms with Gasteiger partial charge in [0, 0.05) is 16.1 Å². The van der Waals surface area contributed by atoms with E-state index < -0.39 is 11.7 Å². The van der Waals surface area contributed by atoms with Crippen LogP contribution in [-0.2, 0) is 19.3 Å². The first-order chi connectivity index (χ1) is 11.9. The van der Waals surface area contributed by atoms with Crippen molar-refractivity contribution in [2.75, 3.05) is 26.2 Å². The van der Waals surface area contributed by atoms with Crippen LogP contribution in [-0.4, -0.2) is 26.2 Å². The number of hydrogen-bond donors (Lipinski definition) is 2. The van der Waals surface area contributed by atoms with Crippen LogP contribution in [0.3, 0.4) is 0 Å². The molecular formula is C19H22ClF3N2+2. The SMILES string of the molecule is FC(F)(F)c1ccccc1C[NH+]1CC[NH+](Cc2ccccc2Cl)CC1. The Balaban J connectivity index is 1.58. The summed E-state index contributed by atoms with van der Waals surface area (Å²) >= 11 is 6.21. The largest absolute Gasteiger partial charge is 0.416 e. The molecule has 0 unspecified atom stereocenters. The summed E-state index contributed by atoms with van der Waals surface area (Å²) in [6, 6.07) is 13.7. The molecule has 134 valence electrons. The molecule has 1 fully saturated rings. The number of nitrogens with one attached hydrogen (secondary N) is 2. The second-order valence-corrected chi connectivity index (χ2v) is 7.01. The maximum Gasteiger partial charge on any atom is 0.416 e. The Kier molecular flexibility index (Phi) is 5.67. The average Bonchev–Trinajstić information content (AvgIpc) is 2.58. The van der Waals surface area contributed by atoms with Crippen molar-refractivity contribution in [2.45, 2.75) is 19.3 Å². The molecule has 0 aromatic heterocycles. The highest BCUT2D eigenvalue weighted by Gasteiger charge is 2.34. The Morgan fingerprint density at radius 1 is 0.760 bits per heavy atom. The Morgan fingerprint density at radius 3 is 1.80 bits per heavy atom. The standard InChI is InChI=1S/C19H20ClF3N2/c20-18-8-4-2-6-16(18)14-25-11-9-24(10-12-25)13-15-5-1-3-7-17(15)19(21,22)23/h1-8H,9-14H2/p+2. The second-order valence-electron chi connectivity index (χ2n) is 6.60. The van der Waals surface area contributed by atoms with Crippen molar-refractivity contribution in [1.82, 2.24) is 0 Å². The van der Waals surface area contributed by atoms with E-state index in [9.17, 15) is 13.2 Å². The first kappa shape index (κ1) is 18.2. The number of piperazine rings is 1. The van der Waals surface area contributed by atoms with Gasteiger partial charge in [0.2, 0.25) is 0 Å². The summed E-state index contributed by atoms with van der Waals surface area (Å²) in [5.74, 6) is 0. The van der Waals surface area contributed by atoms with Gasteiger partial charge in [-0.3, -0.25) is 0 Å². The van der Waals surface area contributed by atoms with Crippen LogP contribution in [0.15, 0.2) is 48.5 Å². The smallest absolute Gasteiger partial charge is 0.322 e. The fourth-order valence-electron chi connectivity index (χ4n) is 3.44. The molecule has 0 spiro atoms. The van der Waals surface area contributed by atoms with Crippen molar-refractivity contribution in [2.24, 2.45) is 0 Å². The molecule has 25 heavy (non-hydrogen) atoms. The van der Waals surface area contributed by atoms with Crippen LogP contribution in [0.5, 0.6) is 0 Å². The van der Waals surface area contributed by atoms with E-state index in [0.717, 1.165) is 43.3 Å². The zero-order valence-corrected chi connectivity index (χ0v) is 14.6. The number of alkyl halides is 3. The third-order valence-electron chi connectivity index (χ3n) is 4.83. The van der Waals surface area contributed by atoms with Gasteiger partial charge >= 0.3 is 6.18 Å². The number of halogens is 4. The van der Waals surface area contributed by atoms with Crippen molar-refractivity contribution in [3.05, 3.63) is 70.2 Å². The zero-order valence-electron chi connectivity index (χ0n) is 13.9. The van der Waals surface area contributed by atoms with Crippen LogP contribution in [0.4, 0.5) is 13.2 Å². The van der Waals surface area contributed by atoms with E-state index in [-0.39, 0.29) is 0 Å². The average molecular weight is 371 g/mol. The number of quaternary nitrogens is 2. The number of benzene rings is 2. The normalized spacial score (nSPS) is 21.3. The van der Waals surface area contributed by atoms with Crippen LogP contribution in [0, 0.1) is 0 Å². The zero-order chi connectivity index (χ0) is 17.9. The molecule has 1 saturated heterocycles. The highest BCUT2D eigenvalue weighted by molar-refractivity contribution is 6.31. The summed E-state index contributed by atoms with van der Waals surface area (Å²) in [6.07, 6.45) is -4.28. The molecule has 0 bridgehead atoms. The summed E-state index contributed by atoms with van der Waals surface area (Å²) in [6.45, 7) is 4.91. The molecule has 2 aromatic carbocycles. The maximum absolute atomic E-state index is 13.1. The minimum Gasteiger partial charge on any atom is -0.322 e. The molecular weight excluding hydrogens is 349 g/mol. The van der Waals surface area contributed by atoms with Crippen molar-refractivity contribution in [3.8, 4) is 0 Å². The van der Waals surface area contributed by atoms with Gasteiger partial charge in [0.1, 0.15) is 39.3 Å². The first-order valence-corrected chi connectivity index (χ1v) is 8.87. The van der Waals surface area contributed by atoms with Gasteiger partial charge in [-0.2, -0.15) is 13.2 Å². The van der Waals surface area contributed by atoms with Gasteiger partial charge in [-0.15, -0.1) is 0 Å². The molecule has 2 nitrogen and oxygen atoms in total. The molecule has 2 N–H and O–H groups in total. The molecule has 0 saturated carbocycles. The first-order valence-electron chi connectivity index (χ1n) is 8.49. The summed E-state index contributed by atoms with van der Waals surface area (Å²) < 4.78 is 39.4. The van der Waals surface area contributed by atoms with E-state index in [4.69, 9.17) is 11.6 Å². The van der Waals surface area contributed by atoms with Crippen molar-refractivity contribution in [1.29, 1.82) is 0 Å². The molecule has 0 radical (unpaired) electrons. The van der Waals surface area contributed by atoms with Gasteiger partial charge in [-0.25, -0.2) is 0 Å². The lowest BCUT2D eigenvalue weighted by Gasteiger charge is -2.30. The summed E-state index contributed by atoms with van der Waals surface area (Å²) in [5.41, 5.74) is 1.01. The molecule has 0 aliphatic carbocycles. The Hall–Kier alpha value is -1.56. The lowest BCUT2D eigenvalue weighted by Crippen LogP contribution is -3.27. The molecule has 1 heterocycles. The van der Waals surface area contributed by atoms with E-state index in [2.05, 4.69) is 0 Å². The van der Waals surface area contributed by atoms with Crippen LogP contribution < -0.4 is 9.80 Å². The van der Waals surface area contributed by atoms with E-state index in [1.54, 1.807) is 12.1 Å². The predicted molar refractivity (Wildman–Crippen MR) is 91.7 cm³/mol. The minimum absolute atomic E-state index is 0.388. The van der Waals surface area contributed by atoms with Crippen molar-refractivity contribution < 1.29 is 23.0 Å². The van der Waals surface area contributed by atoms with Gasteiger partial charge in [0.15, 0.2) is 0 Å². The minimum atomic E-state index is -4.28. The molecule has 2 aromatic rings. The molecule has 1 aliphatic rings. The highest BCUT2D eigenvalue weighted by atomic mass is 35.5. The van der Waals surface area contributed by atoms with E-state index >= 15 is 0 Å². The van der Waals surface area contributed by atoms with Gasteiger partial charge in [0.05, 0.1) is 5.56 Å². The fourth-order valence-corrected chi connectivity index (χ4v) is 3.64. The quantitative estimate of drug-likeness (QED) is 0.812. The number of hydrogen-bond acceptors (Lipinski definition) is 0. The third kappa shape index (κ3) is 4.75. The van der Waals surface area contributed by atoms with Crippen LogP contribution in [0.2, 0.25) is 5.02 Å². The van der Waals surface area contributed by atoms with Gasteiger partial charge in [-0.1, -0.05) is 48.0 Å². The van der Waals surface area contributed by atoms with Crippen LogP contribution in [0.25, 0.3) is 0 Å².